The molecule has 0 radical (unpaired) electrons. The third-order valence-electron chi connectivity index (χ3n) is 3.05. The van der Waals surface area contributed by atoms with Gasteiger partial charge in [-0.1, -0.05) is 17.7 Å². The zero-order chi connectivity index (χ0) is 15.4. The number of ether oxygens (including phenoxy) is 2. The molecule has 110 valence electrons. The van der Waals surface area contributed by atoms with Crippen LogP contribution in [0.4, 0.5) is 4.39 Å². The number of carbonyl (C=O) groups is 1. The van der Waals surface area contributed by atoms with Crippen LogP contribution in [0.2, 0.25) is 5.02 Å². The van der Waals surface area contributed by atoms with Crippen LogP contribution in [-0.2, 0) is 6.42 Å². The first-order chi connectivity index (χ1) is 10.0. The molecule has 0 aliphatic heterocycles. The summed E-state index contributed by atoms with van der Waals surface area (Å²) in [7, 11) is 3.08. The Morgan fingerprint density at radius 3 is 2.43 bits per heavy atom. The Bertz CT molecular complexity index is 671. The van der Waals surface area contributed by atoms with Crippen molar-refractivity contribution in [1.82, 2.24) is 0 Å². The molecule has 5 heteroatoms. The molecule has 0 saturated heterocycles. The van der Waals surface area contributed by atoms with Crippen molar-refractivity contribution in [1.29, 1.82) is 0 Å². The monoisotopic (exact) mass is 308 g/mol. The van der Waals surface area contributed by atoms with Gasteiger partial charge < -0.3 is 9.47 Å². The molecule has 0 aliphatic rings. The highest BCUT2D eigenvalue weighted by Crippen LogP contribution is 2.28. The van der Waals surface area contributed by atoms with Gasteiger partial charge in [0.15, 0.2) is 17.3 Å². The van der Waals surface area contributed by atoms with E-state index in [0.29, 0.717) is 17.1 Å². The molecule has 0 spiro atoms. The van der Waals surface area contributed by atoms with Gasteiger partial charge in [0.2, 0.25) is 0 Å². The van der Waals surface area contributed by atoms with Crippen molar-refractivity contribution < 1.29 is 18.7 Å². The molecule has 2 aromatic carbocycles. The van der Waals surface area contributed by atoms with Crippen LogP contribution in [0.25, 0.3) is 0 Å². The number of Topliss-reactive ketones (excluding diaryl/α,β-unsaturated/α-hetero) is 1. The van der Waals surface area contributed by atoms with Gasteiger partial charge in [-0.3, -0.25) is 4.79 Å². The van der Waals surface area contributed by atoms with Crippen LogP contribution >= 0.6 is 11.6 Å². The molecule has 0 heterocycles. The van der Waals surface area contributed by atoms with E-state index in [1.807, 2.05) is 0 Å². The summed E-state index contributed by atoms with van der Waals surface area (Å²) in [4.78, 5) is 12.2. The van der Waals surface area contributed by atoms with E-state index in [0.717, 1.165) is 5.56 Å². The largest absolute Gasteiger partial charge is 0.493 e. The number of hydrogen-bond acceptors (Lipinski definition) is 3. The summed E-state index contributed by atoms with van der Waals surface area (Å²) < 4.78 is 23.4. The van der Waals surface area contributed by atoms with E-state index < -0.39 is 5.82 Å². The Kier molecular flexibility index (Phi) is 4.81. The summed E-state index contributed by atoms with van der Waals surface area (Å²) in [5.74, 6) is 0.460. The molecule has 3 nitrogen and oxygen atoms in total. The van der Waals surface area contributed by atoms with E-state index in [1.165, 1.54) is 25.3 Å². The van der Waals surface area contributed by atoms with Crippen molar-refractivity contribution in [3.05, 3.63) is 58.4 Å². The van der Waals surface area contributed by atoms with Crippen LogP contribution in [0.1, 0.15) is 15.9 Å². The standard InChI is InChI=1S/C16H14ClFO3/c1-20-15-6-3-10(8-16(15)21-2)7-14(19)11-4-5-13(18)12(17)9-11/h3-6,8-9H,7H2,1-2H3. The highest BCUT2D eigenvalue weighted by atomic mass is 35.5. The van der Waals surface area contributed by atoms with Crippen molar-refractivity contribution >= 4 is 17.4 Å². The second-order valence-electron chi connectivity index (χ2n) is 4.42. The molecule has 0 N–H and O–H groups in total. The molecule has 2 rings (SSSR count). The minimum absolute atomic E-state index is 0.0619. The summed E-state index contributed by atoms with van der Waals surface area (Å²) >= 11 is 5.68. The van der Waals surface area contributed by atoms with E-state index in [-0.39, 0.29) is 17.2 Å². The number of ketones is 1. The van der Waals surface area contributed by atoms with Gasteiger partial charge in [-0.15, -0.1) is 0 Å². The predicted octanol–water partition coefficient (Wildman–Crippen LogP) is 3.92. The van der Waals surface area contributed by atoms with Crippen molar-refractivity contribution in [2.75, 3.05) is 14.2 Å². The molecule has 0 amide bonds. The number of hydrogen-bond donors (Lipinski definition) is 0. The van der Waals surface area contributed by atoms with Gasteiger partial charge >= 0.3 is 0 Å². The minimum Gasteiger partial charge on any atom is -0.493 e. The number of benzene rings is 2. The summed E-state index contributed by atoms with van der Waals surface area (Å²) in [6, 6.07) is 9.19. The average Bonchev–Trinajstić information content (AvgIpc) is 2.49. The maximum atomic E-state index is 13.1. The van der Waals surface area contributed by atoms with Crippen molar-refractivity contribution in [3.63, 3.8) is 0 Å². The van der Waals surface area contributed by atoms with E-state index in [4.69, 9.17) is 21.1 Å². The van der Waals surface area contributed by atoms with E-state index in [2.05, 4.69) is 0 Å². The zero-order valence-corrected chi connectivity index (χ0v) is 12.4. The molecule has 0 fully saturated rings. The molecule has 0 aliphatic carbocycles. The molecular formula is C16H14ClFO3. The first-order valence-corrected chi connectivity index (χ1v) is 6.62. The molecule has 21 heavy (non-hydrogen) atoms. The zero-order valence-electron chi connectivity index (χ0n) is 11.7. The minimum atomic E-state index is -0.542. The average molecular weight is 309 g/mol. The van der Waals surface area contributed by atoms with E-state index in [1.54, 1.807) is 25.3 Å². The second kappa shape index (κ2) is 6.59. The van der Waals surface area contributed by atoms with Crippen LogP contribution in [0.3, 0.4) is 0 Å². The Hall–Kier alpha value is -2.07. The van der Waals surface area contributed by atoms with Crippen molar-refractivity contribution in [3.8, 4) is 11.5 Å². The quantitative estimate of drug-likeness (QED) is 0.785. The Morgan fingerprint density at radius 2 is 1.81 bits per heavy atom. The van der Waals surface area contributed by atoms with E-state index >= 15 is 0 Å². The lowest BCUT2D eigenvalue weighted by Gasteiger charge is -2.09. The van der Waals surface area contributed by atoms with Gasteiger partial charge in [-0.2, -0.15) is 0 Å². The van der Waals surface area contributed by atoms with E-state index in [9.17, 15) is 9.18 Å². The number of methoxy groups -OCH3 is 2. The Labute approximate surface area is 127 Å². The highest BCUT2D eigenvalue weighted by molar-refractivity contribution is 6.31. The summed E-state index contributed by atoms with van der Waals surface area (Å²) in [5.41, 5.74) is 1.15. The van der Waals surface area contributed by atoms with Gasteiger partial charge in [0.25, 0.3) is 0 Å². The van der Waals surface area contributed by atoms with Gasteiger partial charge in [-0.05, 0) is 35.9 Å². The SMILES string of the molecule is COc1ccc(CC(=O)c2ccc(F)c(Cl)c2)cc1OC. The third-order valence-corrected chi connectivity index (χ3v) is 3.34. The van der Waals surface area contributed by atoms with Crippen LogP contribution in [0.15, 0.2) is 36.4 Å². The lowest BCUT2D eigenvalue weighted by Crippen LogP contribution is -2.04. The van der Waals surface area contributed by atoms with Crippen molar-refractivity contribution in [2.24, 2.45) is 0 Å². The molecule has 0 saturated carbocycles. The topological polar surface area (TPSA) is 35.5 Å². The highest BCUT2D eigenvalue weighted by Gasteiger charge is 2.12. The normalized spacial score (nSPS) is 10.3. The Balaban J connectivity index is 2.21. The number of carbonyl (C=O) groups excluding carboxylic acids is 1. The first-order valence-electron chi connectivity index (χ1n) is 6.24. The van der Waals surface area contributed by atoms with Crippen molar-refractivity contribution in [2.45, 2.75) is 6.42 Å². The number of halogens is 2. The van der Waals surface area contributed by atoms with Gasteiger partial charge in [0, 0.05) is 12.0 Å². The molecule has 0 unspecified atom stereocenters. The van der Waals surface area contributed by atoms with Crippen LogP contribution in [0.5, 0.6) is 11.5 Å². The summed E-state index contributed by atoms with van der Waals surface area (Å²) in [5, 5.41) is -0.0619. The fourth-order valence-electron chi connectivity index (χ4n) is 1.95. The van der Waals surface area contributed by atoms with Gasteiger partial charge in [-0.25, -0.2) is 4.39 Å². The van der Waals surface area contributed by atoms with Crippen LogP contribution in [0, 0.1) is 5.82 Å². The fraction of sp³-hybridized carbons (Fsp3) is 0.188. The van der Waals surface area contributed by atoms with Crippen LogP contribution in [-0.4, -0.2) is 20.0 Å². The molecule has 0 bridgehead atoms. The number of rotatable bonds is 5. The third kappa shape index (κ3) is 3.52. The molecule has 0 aromatic heterocycles. The summed E-state index contributed by atoms with van der Waals surface area (Å²) in [6.45, 7) is 0. The molecular weight excluding hydrogens is 295 g/mol. The molecule has 2 aromatic rings. The fourth-order valence-corrected chi connectivity index (χ4v) is 2.13. The lowest BCUT2D eigenvalue weighted by molar-refractivity contribution is 0.0993. The van der Waals surface area contributed by atoms with Crippen LogP contribution < -0.4 is 9.47 Å². The second-order valence-corrected chi connectivity index (χ2v) is 4.83. The smallest absolute Gasteiger partial charge is 0.167 e. The van der Waals surface area contributed by atoms with Gasteiger partial charge in [0.05, 0.1) is 19.2 Å². The summed E-state index contributed by atoms with van der Waals surface area (Å²) in [6.07, 6.45) is 0.169. The maximum Gasteiger partial charge on any atom is 0.167 e. The Morgan fingerprint density at radius 1 is 1.10 bits per heavy atom. The van der Waals surface area contributed by atoms with Gasteiger partial charge in [0.1, 0.15) is 5.82 Å². The molecule has 0 atom stereocenters. The maximum absolute atomic E-state index is 13.1. The lowest BCUT2D eigenvalue weighted by atomic mass is 10.0. The first kappa shape index (κ1) is 15.3. The predicted molar refractivity (Wildman–Crippen MR) is 79.0 cm³/mol.